The molecule has 0 spiro atoms. The molecule has 4 rings (SSSR count). The number of rotatable bonds is 5. The first-order valence-corrected chi connectivity index (χ1v) is 7.40. The minimum atomic E-state index is -0.961. The van der Waals surface area contributed by atoms with Crippen molar-refractivity contribution in [3.8, 4) is 11.5 Å². The molecule has 1 saturated carbocycles. The third kappa shape index (κ3) is 2.39. The van der Waals surface area contributed by atoms with Gasteiger partial charge in [-0.3, -0.25) is 4.79 Å². The van der Waals surface area contributed by atoms with Gasteiger partial charge in [0.15, 0.2) is 18.0 Å². The van der Waals surface area contributed by atoms with Crippen LogP contribution >= 0.6 is 0 Å². The van der Waals surface area contributed by atoms with Crippen LogP contribution < -0.4 is 0 Å². The van der Waals surface area contributed by atoms with Gasteiger partial charge in [-0.2, -0.15) is 5.10 Å². The topological polar surface area (TPSA) is 103 Å². The number of carboxylic acid groups (broad SMARTS) is 1. The van der Waals surface area contributed by atoms with E-state index in [2.05, 4.69) is 15.1 Å². The Morgan fingerprint density at radius 2 is 2.23 bits per heavy atom. The van der Waals surface area contributed by atoms with E-state index >= 15 is 0 Å². The molecule has 2 fully saturated rings. The summed E-state index contributed by atoms with van der Waals surface area (Å²) in [7, 11) is 0. The molecule has 1 saturated heterocycles. The maximum atomic E-state index is 11.1. The number of oxazole rings is 1. The number of hydrogen-bond acceptors (Lipinski definition) is 6. The van der Waals surface area contributed by atoms with E-state index in [0.717, 1.165) is 25.0 Å². The summed E-state index contributed by atoms with van der Waals surface area (Å²) in [6.45, 7) is 1.02. The fourth-order valence-corrected chi connectivity index (χ4v) is 2.74. The predicted octanol–water partition coefficient (Wildman–Crippen LogP) is 1.40. The summed E-state index contributed by atoms with van der Waals surface area (Å²) in [6, 6.07) is 0. The van der Waals surface area contributed by atoms with Gasteiger partial charge in [0.2, 0.25) is 0 Å². The second-order valence-corrected chi connectivity index (χ2v) is 5.75. The molecule has 2 aromatic heterocycles. The number of carbonyl (C=O) groups is 1. The van der Waals surface area contributed by atoms with Crippen LogP contribution in [0.2, 0.25) is 0 Å². The van der Waals surface area contributed by atoms with Gasteiger partial charge in [-0.15, -0.1) is 0 Å². The molecule has 1 unspecified atom stereocenters. The molecule has 1 atom stereocenters. The maximum Gasteiger partial charge on any atom is 0.325 e. The van der Waals surface area contributed by atoms with Crippen LogP contribution in [-0.2, 0) is 16.1 Å². The first kappa shape index (κ1) is 13.4. The lowest BCUT2D eigenvalue weighted by Crippen LogP contribution is -2.12. The molecule has 3 heterocycles. The smallest absolute Gasteiger partial charge is 0.325 e. The molecule has 0 bridgehead atoms. The quantitative estimate of drug-likeness (QED) is 0.890. The Morgan fingerprint density at radius 3 is 2.91 bits per heavy atom. The van der Waals surface area contributed by atoms with Crippen molar-refractivity contribution in [1.29, 1.82) is 0 Å². The molecule has 8 heteroatoms. The van der Waals surface area contributed by atoms with Gasteiger partial charge in [0.1, 0.15) is 18.0 Å². The van der Waals surface area contributed by atoms with Crippen molar-refractivity contribution < 1.29 is 19.1 Å². The minimum Gasteiger partial charge on any atom is -0.480 e. The summed E-state index contributed by atoms with van der Waals surface area (Å²) in [5.74, 6) is 1.40. The molecule has 2 aliphatic rings. The molecular weight excluding hydrogens is 288 g/mol. The molecule has 1 N–H and O–H groups in total. The fourth-order valence-electron chi connectivity index (χ4n) is 2.74. The third-order valence-electron chi connectivity index (χ3n) is 4.02. The Labute approximate surface area is 126 Å². The van der Waals surface area contributed by atoms with Crippen LogP contribution in [0.1, 0.15) is 42.7 Å². The van der Waals surface area contributed by atoms with E-state index < -0.39 is 5.97 Å². The summed E-state index contributed by atoms with van der Waals surface area (Å²) in [4.78, 5) is 19.9. The molecule has 1 aliphatic carbocycles. The van der Waals surface area contributed by atoms with Crippen LogP contribution in [0, 0.1) is 0 Å². The summed E-state index contributed by atoms with van der Waals surface area (Å²) in [6.07, 6.45) is 4.38. The Morgan fingerprint density at radius 1 is 1.36 bits per heavy atom. The van der Waals surface area contributed by atoms with Gasteiger partial charge in [-0.1, -0.05) is 0 Å². The van der Waals surface area contributed by atoms with Crippen molar-refractivity contribution in [3.63, 3.8) is 0 Å². The van der Waals surface area contributed by atoms with E-state index in [1.807, 2.05) is 0 Å². The lowest BCUT2D eigenvalue weighted by molar-refractivity contribution is -0.137. The third-order valence-corrected chi connectivity index (χ3v) is 4.02. The van der Waals surface area contributed by atoms with E-state index in [1.54, 1.807) is 0 Å². The highest BCUT2D eigenvalue weighted by Crippen LogP contribution is 2.43. The molecule has 8 nitrogen and oxygen atoms in total. The molecule has 0 aromatic carbocycles. The Hall–Kier alpha value is -2.22. The lowest BCUT2D eigenvalue weighted by atomic mass is 10.1. The maximum absolute atomic E-state index is 11.1. The highest BCUT2D eigenvalue weighted by Gasteiger charge is 2.33. The molecule has 1 aliphatic heterocycles. The Kier molecular flexibility index (Phi) is 3.18. The van der Waals surface area contributed by atoms with Crippen LogP contribution in [0.5, 0.6) is 0 Å². The standard InChI is InChI=1S/C14H16N4O4/c19-10(20)5-18-14(11-12(8-1-2-8)22-7-15-11)16-13(17-18)9-3-4-21-6-9/h7-9H,1-6H2,(H,19,20). The van der Waals surface area contributed by atoms with Gasteiger partial charge < -0.3 is 14.3 Å². The summed E-state index contributed by atoms with van der Waals surface area (Å²) in [5.41, 5.74) is 0.612. The highest BCUT2D eigenvalue weighted by molar-refractivity contribution is 5.67. The average Bonchev–Trinajstić information content (AvgIpc) is 2.95. The largest absolute Gasteiger partial charge is 0.480 e. The van der Waals surface area contributed by atoms with Gasteiger partial charge in [0.25, 0.3) is 0 Å². The lowest BCUT2D eigenvalue weighted by Gasteiger charge is -2.01. The zero-order chi connectivity index (χ0) is 15.1. The molecule has 116 valence electrons. The van der Waals surface area contributed by atoms with Crippen molar-refractivity contribution in [1.82, 2.24) is 19.7 Å². The summed E-state index contributed by atoms with van der Waals surface area (Å²) in [5, 5.41) is 13.5. The monoisotopic (exact) mass is 304 g/mol. The zero-order valence-corrected chi connectivity index (χ0v) is 11.9. The number of nitrogens with zero attached hydrogens (tertiary/aromatic N) is 4. The predicted molar refractivity (Wildman–Crippen MR) is 73.3 cm³/mol. The fraction of sp³-hybridized carbons (Fsp3) is 0.571. The molecule has 22 heavy (non-hydrogen) atoms. The average molecular weight is 304 g/mol. The summed E-state index contributed by atoms with van der Waals surface area (Å²) < 4.78 is 12.2. The molecular formula is C14H16N4O4. The zero-order valence-electron chi connectivity index (χ0n) is 11.9. The minimum absolute atomic E-state index is 0.116. The van der Waals surface area contributed by atoms with Crippen LogP contribution in [0.4, 0.5) is 0 Å². The van der Waals surface area contributed by atoms with Crippen molar-refractivity contribution >= 4 is 5.97 Å². The number of aromatic nitrogens is 4. The second kappa shape index (κ2) is 5.20. The number of hydrogen-bond donors (Lipinski definition) is 1. The molecule has 0 amide bonds. The van der Waals surface area contributed by atoms with E-state index in [4.69, 9.17) is 14.3 Å². The van der Waals surface area contributed by atoms with E-state index in [9.17, 15) is 4.79 Å². The van der Waals surface area contributed by atoms with Crippen molar-refractivity contribution in [3.05, 3.63) is 18.0 Å². The second-order valence-electron chi connectivity index (χ2n) is 5.75. The SMILES string of the molecule is O=C(O)Cn1nc(C2CCOC2)nc1-c1ncoc1C1CC1. The van der Waals surface area contributed by atoms with Gasteiger partial charge in [-0.25, -0.2) is 14.6 Å². The van der Waals surface area contributed by atoms with Gasteiger partial charge in [0, 0.05) is 18.4 Å². The number of carboxylic acids is 1. The van der Waals surface area contributed by atoms with E-state index in [-0.39, 0.29) is 12.5 Å². The van der Waals surface area contributed by atoms with Gasteiger partial charge in [0.05, 0.1) is 6.61 Å². The highest BCUT2D eigenvalue weighted by atomic mass is 16.5. The summed E-state index contributed by atoms with van der Waals surface area (Å²) >= 11 is 0. The first-order chi connectivity index (χ1) is 10.7. The van der Waals surface area contributed by atoms with Crippen LogP contribution in [0.15, 0.2) is 10.8 Å². The number of ether oxygens (including phenoxy) is 1. The normalized spacial score (nSPS) is 21.4. The first-order valence-electron chi connectivity index (χ1n) is 7.40. The van der Waals surface area contributed by atoms with Crippen LogP contribution in [0.25, 0.3) is 11.5 Å². The molecule has 2 aromatic rings. The van der Waals surface area contributed by atoms with Crippen molar-refractivity contribution in [2.75, 3.05) is 13.2 Å². The Balaban J connectivity index is 1.75. The van der Waals surface area contributed by atoms with E-state index in [1.165, 1.54) is 11.1 Å². The van der Waals surface area contributed by atoms with Gasteiger partial charge >= 0.3 is 5.97 Å². The van der Waals surface area contributed by atoms with Crippen LogP contribution in [-0.4, -0.2) is 44.0 Å². The van der Waals surface area contributed by atoms with Gasteiger partial charge in [-0.05, 0) is 19.3 Å². The van der Waals surface area contributed by atoms with Crippen molar-refractivity contribution in [2.45, 2.75) is 37.6 Å². The Bertz CT molecular complexity index is 698. The molecule has 0 radical (unpaired) electrons. The van der Waals surface area contributed by atoms with E-state index in [0.29, 0.717) is 36.5 Å². The van der Waals surface area contributed by atoms with Crippen molar-refractivity contribution in [2.24, 2.45) is 0 Å². The van der Waals surface area contributed by atoms with Crippen LogP contribution in [0.3, 0.4) is 0 Å². The number of aliphatic carboxylic acids is 1.